The van der Waals surface area contributed by atoms with E-state index in [1.807, 2.05) is 32.0 Å². The quantitative estimate of drug-likeness (QED) is 0.235. The number of imide groups is 1. The van der Waals surface area contributed by atoms with Gasteiger partial charge in [0.25, 0.3) is 11.1 Å². The summed E-state index contributed by atoms with van der Waals surface area (Å²) in [6.45, 7) is 5.69. The molecule has 0 aromatic heterocycles. The standard InChI is InChI=1S/C25H25BrClNO6S/c1-4-15(3)34-22(29)13-28-24(30)21(35-25(28)31)12-16-10-18(26)23(20(11-16)32-5-2)33-14-17-8-6-7-9-19(17)27/h6-12,15H,4-5,13-14H2,1-3H3/b21-12+/t15-/m0/s1. The minimum Gasteiger partial charge on any atom is -0.490 e. The van der Waals surface area contributed by atoms with Crippen molar-refractivity contribution in [3.63, 3.8) is 0 Å². The van der Waals surface area contributed by atoms with Gasteiger partial charge in [-0.2, -0.15) is 0 Å². The monoisotopic (exact) mass is 581 g/mol. The summed E-state index contributed by atoms with van der Waals surface area (Å²) in [5.41, 5.74) is 1.45. The van der Waals surface area contributed by atoms with Gasteiger partial charge in [0, 0.05) is 10.6 Å². The summed E-state index contributed by atoms with van der Waals surface area (Å²) < 4.78 is 17.5. The summed E-state index contributed by atoms with van der Waals surface area (Å²) in [5, 5.41) is 0.0769. The van der Waals surface area contributed by atoms with E-state index in [2.05, 4.69) is 15.9 Å². The molecule has 7 nitrogen and oxygen atoms in total. The predicted molar refractivity (Wildman–Crippen MR) is 140 cm³/mol. The molecule has 0 bridgehead atoms. The maximum Gasteiger partial charge on any atom is 0.326 e. The van der Waals surface area contributed by atoms with E-state index in [0.717, 1.165) is 22.2 Å². The zero-order chi connectivity index (χ0) is 25.5. The Morgan fingerprint density at radius 1 is 1.20 bits per heavy atom. The number of hydrogen-bond acceptors (Lipinski definition) is 7. The average Bonchev–Trinajstić information content (AvgIpc) is 3.06. The zero-order valence-corrected chi connectivity index (χ0v) is 22.7. The number of esters is 1. The number of thioether (sulfide) groups is 1. The van der Waals surface area contributed by atoms with E-state index in [0.29, 0.717) is 39.6 Å². The fraction of sp³-hybridized carbons (Fsp3) is 0.320. The zero-order valence-electron chi connectivity index (χ0n) is 19.5. The lowest BCUT2D eigenvalue weighted by Crippen LogP contribution is -2.35. The number of halogens is 2. The third-order valence-electron chi connectivity index (χ3n) is 5.03. The first-order valence-electron chi connectivity index (χ1n) is 11.0. The second-order valence-electron chi connectivity index (χ2n) is 7.62. The Morgan fingerprint density at radius 2 is 1.94 bits per heavy atom. The van der Waals surface area contributed by atoms with Gasteiger partial charge in [-0.05, 0) is 77.8 Å². The van der Waals surface area contributed by atoms with Crippen LogP contribution in [-0.4, -0.2) is 41.3 Å². The Bertz CT molecular complexity index is 1150. The van der Waals surface area contributed by atoms with Crippen molar-refractivity contribution < 1.29 is 28.6 Å². The minimum atomic E-state index is -0.621. The topological polar surface area (TPSA) is 82.1 Å². The number of rotatable bonds is 10. The van der Waals surface area contributed by atoms with E-state index < -0.39 is 23.7 Å². The molecule has 0 N–H and O–H groups in total. The summed E-state index contributed by atoms with van der Waals surface area (Å²) in [4.78, 5) is 38.3. The number of carbonyl (C=O) groups is 3. The highest BCUT2D eigenvalue weighted by atomic mass is 79.9. The molecule has 0 unspecified atom stereocenters. The highest BCUT2D eigenvalue weighted by Crippen LogP contribution is 2.40. The first-order valence-corrected chi connectivity index (χ1v) is 13.0. The SMILES string of the molecule is CCOc1cc(/C=C2/SC(=O)N(CC(=O)O[C@@H](C)CC)C2=O)cc(Br)c1OCc1ccccc1Cl. The number of carbonyl (C=O) groups excluding carboxylic acids is 3. The highest BCUT2D eigenvalue weighted by molar-refractivity contribution is 9.10. The van der Waals surface area contributed by atoms with Crippen LogP contribution in [0.4, 0.5) is 4.79 Å². The molecule has 2 amide bonds. The Kier molecular flexibility index (Phi) is 9.65. The van der Waals surface area contributed by atoms with Gasteiger partial charge in [0.2, 0.25) is 0 Å². The van der Waals surface area contributed by atoms with Crippen molar-refractivity contribution in [3.8, 4) is 11.5 Å². The van der Waals surface area contributed by atoms with Gasteiger partial charge < -0.3 is 14.2 Å². The van der Waals surface area contributed by atoms with Crippen LogP contribution in [0.1, 0.15) is 38.3 Å². The van der Waals surface area contributed by atoms with Crippen LogP contribution in [-0.2, 0) is 20.9 Å². The molecule has 10 heteroatoms. The van der Waals surface area contributed by atoms with Crippen molar-refractivity contribution in [2.75, 3.05) is 13.2 Å². The lowest BCUT2D eigenvalue weighted by Gasteiger charge is -2.15. The van der Waals surface area contributed by atoms with Crippen molar-refractivity contribution in [2.45, 2.75) is 39.9 Å². The second kappa shape index (κ2) is 12.5. The molecule has 1 heterocycles. The van der Waals surface area contributed by atoms with Crippen molar-refractivity contribution in [2.24, 2.45) is 0 Å². The van der Waals surface area contributed by atoms with Gasteiger partial charge in [0.15, 0.2) is 11.5 Å². The summed E-state index contributed by atoms with van der Waals surface area (Å²) in [5.74, 6) is -0.208. The lowest BCUT2D eigenvalue weighted by molar-refractivity contribution is -0.150. The molecule has 35 heavy (non-hydrogen) atoms. The third kappa shape index (κ3) is 7.02. The van der Waals surface area contributed by atoms with Crippen LogP contribution < -0.4 is 9.47 Å². The Balaban J connectivity index is 1.80. The summed E-state index contributed by atoms with van der Waals surface area (Å²) >= 11 is 10.5. The molecule has 0 spiro atoms. The Hall–Kier alpha value is -2.49. The summed E-state index contributed by atoms with van der Waals surface area (Å²) in [6.07, 6.45) is 1.93. The minimum absolute atomic E-state index is 0.199. The van der Waals surface area contributed by atoms with Gasteiger partial charge in [0.1, 0.15) is 13.2 Å². The molecule has 2 aromatic rings. The lowest BCUT2D eigenvalue weighted by atomic mass is 10.1. The molecule has 0 saturated carbocycles. The van der Waals surface area contributed by atoms with Crippen molar-refractivity contribution in [3.05, 3.63) is 61.9 Å². The third-order valence-corrected chi connectivity index (χ3v) is 6.89. The molecule has 1 aliphatic heterocycles. The van der Waals surface area contributed by atoms with Gasteiger partial charge in [-0.1, -0.05) is 36.7 Å². The number of amides is 2. The fourth-order valence-corrected chi connectivity index (χ4v) is 4.70. The first kappa shape index (κ1) is 27.1. The van der Waals surface area contributed by atoms with Gasteiger partial charge in [-0.25, -0.2) is 0 Å². The number of ether oxygens (including phenoxy) is 3. The highest BCUT2D eigenvalue weighted by Gasteiger charge is 2.37. The van der Waals surface area contributed by atoms with E-state index in [4.69, 9.17) is 25.8 Å². The summed E-state index contributed by atoms with van der Waals surface area (Å²) in [6, 6.07) is 10.9. The predicted octanol–water partition coefficient (Wildman–Crippen LogP) is 6.46. The molecule has 1 fully saturated rings. The van der Waals surface area contributed by atoms with Crippen LogP contribution in [0.3, 0.4) is 0 Å². The number of nitrogens with zero attached hydrogens (tertiary/aromatic N) is 1. The van der Waals surface area contributed by atoms with Crippen molar-refractivity contribution >= 4 is 62.5 Å². The largest absolute Gasteiger partial charge is 0.490 e. The molecular weight excluding hydrogens is 558 g/mol. The van der Waals surface area contributed by atoms with E-state index >= 15 is 0 Å². The van der Waals surface area contributed by atoms with Crippen molar-refractivity contribution in [1.29, 1.82) is 0 Å². The van der Waals surface area contributed by atoms with Crippen LogP contribution in [0, 0.1) is 0 Å². The Morgan fingerprint density at radius 3 is 2.63 bits per heavy atom. The van der Waals surface area contributed by atoms with Gasteiger partial charge in [-0.15, -0.1) is 0 Å². The maximum absolute atomic E-state index is 12.8. The first-order chi connectivity index (χ1) is 16.7. The van der Waals surface area contributed by atoms with Crippen LogP contribution in [0.15, 0.2) is 45.8 Å². The molecule has 1 saturated heterocycles. The summed E-state index contributed by atoms with van der Waals surface area (Å²) in [7, 11) is 0. The number of hydrogen-bond donors (Lipinski definition) is 0. The number of benzene rings is 2. The van der Waals surface area contributed by atoms with E-state index in [-0.39, 0.29) is 17.6 Å². The van der Waals surface area contributed by atoms with E-state index in [9.17, 15) is 14.4 Å². The molecule has 1 atom stereocenters. The average molecular weight is 583 g/mol. The Labute approximate surface area is 221 Å². The molecule has 0 aliphatic carbocycles. The van der Waals surface area contributed by atoms with Gasteiger partial charge >= 0.3 is 5.97 Å². The molecule has 1 aliphatic rings. The van der Waals surface area contributed by atoms with Crippen LogP contribution in [0.25, 0.3) is 6.08 Å². The van der Waals surface area contributed by atoms with Crippen LogP contribution in [0.5, 0.6) is 11.5 Å². The van der Waals surface area contributed by atoms with E-state index in [1.165, 1.54) is 0 Å². The second-order valence-corrected chi connectivity index (χ2v) is 9.87. The van der Waals surface area contributed by atoms with Crippen LogP contribution >= 0.6 is 39.3 Å². The van der Waals surface area contributed by atoms with Crippen molar-refractivity contribution in [1.82, 2.24) is 4.90 Å². The van der Waals surface area contributed by atoms with Gasteiger partial charge in [0.05, 0.1) is 22.1 Å². The van der Waals surface area contributed by atoms with Gasteiger partial charge in [-0.3, -0.25) is 19.3 Å². The normalized spacial score (nSPS) is 15.5. The maximum atomic E-state index is 12.8. The van der Waals surface area contributed by atoms with Crippen LogP contribution in [0.2, 0.25) is 5.02 Å². The smallest absolute Gasteiger partial charge is 0.326 e. The molecule has 3 rings (SSSR count). The molecule has 186 valence electrons. The molecular formula is C25H25BrClNO6S. The molecule has 2 aromatic carbocycles. The molecule has 0 radical (unpaired) electrons. The van der Waals surface area contributed by atoms with E-state index in [1.54, 1.807) is 31.2 Å². The fourth-order valence-electron chi connectivity index (χ4n) is 3.10.